The van der Waals surface area contributed by atoms with E-state index in [0.29, 0.717) is 25.1 Å². The third-order valence-electron chi connectivity index (χ3n) is 6.59. The Labute approximate surface area is 205 Å². The number of hydrogen-bond donors (Lipinski definition) is 2. The van der Waals surface area contributed by atoms with Crippen LogP contribution in [-0.4, -0.2) is 79.3 Å². The molecule has 4 rings (SSSR count). The number of ether oxygens (including phenoxy) is 1. The highest BCUT2D eigenvalue weighted by molar-refractivity contribution is 5.89. The van der Waals surface area contributed by atoms with Gasteiger partial charge in [0.1, 0.15) is 12.6 Å². The zero-order valence-corrected chi connectivity index (χ0v) is 20.1. The minimum atomic E-state index is -0.960. The molecule has 184 valence electrons. The molecule has 1 aliphatic carbocycles. The van der Waals surface area contributed by atoms with Crippen LogP contribution in [0.2, 0.25) is 0 Å². The van der Waals surface area contributed by atoms with Crippen LogP contribution >= 0.6 is 0 Å². The van der Waals surface area contributed by atoms with Gasteiger partial charge in [0.15, 0.2) is 0 Å². The molecule has 2 aromatic rings. The average Bonchev–Trinajstić information content (AvgIpc) is 3.18. The Morgan fingerprint density at radius 2 is 1.71 bits per heavy atom. The smallest absolute Gasteiger partial charge is 0.407 e. The predicted octanol–water partition coefficient (Wildman–Crippen LogP) is 3.09. The zero-order valence-electron chi connectivity index (χ0n) is 20.1. The molecule has 0 spiro atoms. The lowest BCUT2D eigenvalue weighted by atomic mass is 9.98. The number of hydrogen-bond acceptors (Lipinski definition) is 5. The first-order valence-electron chi connectivity index (χ1n) is 11.8. The summed E-state index contributed by atoms with van der Waals surface area (Å²) in [5.74, 6) is -1.26. The molecule has 0 fully saturated rings. The molecule has 2 aliphatic rings. The average molecular weight is 478 g/mol. The number of carboxylic acids is 1. The van der Waals surface area contributed by atoms with Crippen LogP contribution in [0.25, 0.3) is 11.1 Å². The molecule has 8 nitrogen and oxygen atoms in total. The summed E-state index contributed by atoms with van der Waals surface area (Å²) in [4.78, 5) is 40.7. The van der Waals surface area contributed by atoms with Gasteiger partial charge in [-0.15, -0.1) is 0 Å². The monoisotopic (exact) mass is 477 g/mol. The van der Waals surface area contributed by atoms with Crippen molar-refractivity contribution < 1.29 is 24.2 Å². The fourth-order valence-electron chi connectivity index (χ4n) is 4.71. The minimum absolute atomic E-state index is 0.0641. The van der Waals surface area contributed by atoms with Crippen molar-refractivity contribution in [3.8, 4) is 11.1 Å². The Morgan fingerprint density at radius 3 is 2.26 bits per heavy atom. The molecule has 1 unspecified atom stereocenters. The van der Waals surface area contributed by atoms with Gasteiger partial charge in [-0.2, -0.15) is 0 Å². The maximum absolute atomic E-state index is 13.2. The summed E-state index contributed by atoms with van der Waals surface area (Å²) in [5, 5.41) is 11.9. The molecule has 1 aliphatic heterocycles. The zero-order chi connectivity index (χ0) is 24.9. The number of carbonyl (C=O) groups is 3. The van der Waals surface area contributed by atoms with Crippen LogP contribution in [0.15, 0.2) is 60.2 Å². The van der Waals surface area contributed by atoms with Crippen molar-refractivity contribution in [3.63, 3.8) is 0 Å². The first-order valence-corrected chi connectivity index (χ1v) is 11.8. The lowest BCUT2D eigenvalue weighted by Gasteiger charge is -2.30. The van der Waals surface area contributed by atoms with Crippen molar-refractivity contribution in [2.45, 2.75) is 24.8 Å². The first-order chi connectivity index (χ1) is 16.8. The Morgan fingerprint density at radius 1 is 1.09 bits per heavy atom. The maximum Gasteiger partial charge on any atom is 0.407 e. The van der Waals surface area contributed by atoms with Gasteiger partial charge in [0, 0.05) is 24.6 Å². The number of amides is 2. The second kappa shape index (κ2) is 10.7. The standard InChI is InChI=1S/C27H31N3O5/c1-29(2)14-13-24(25(31)30-15-11-18(12-16-30)26(32)33)28-27(34)35-17-23-21-9-5-3-7-19(21)20-8-4-6-10-22(20)23/h3-11,23-24H,12-17H2,1-2H3,(H,28,34)(H,32,33). The van der Waals surface area contributed by atoms with Crippen LogP contribution in [0.5, 0.6) is 0 Å². The number of alkyl carbamates (subject to hydrolysis) is 1. The second-order valence-corrected chi connectivity index (χ2v) is 9.18. The number of fused-ring (bicyclic) bond motifs is 3. The number of nitrogens with one attached hydrogen (secondary N) is 1. The van der Waals surface area contributed by atoms with E-state index in [4.69, 9.17) is 9.84 Å². The largest absolute Gasteiger partial charge is 0.478 e. The van der Waals surface area contributed by atoms with E-state index in [9.17, 15) is 14.4 Å². The molecule has 1 heterocycles. The Bertz CT molecular complexity index is 1100. The number of aliphatic carboxylic acids is 1. The van der Waals surface area contributed by atoms with Gasteiger partial charge in [0.25, 0.3) is 0 Å². The van der Waals surface area contributed by atoms with Crippen molar-refractivity contribution in [2.24, 2.45) is 0 Å². The first kappa shape index (κ1) is 24.5. The van der Waals surface area contributed by atoms with Crippen LogP contribution < -0.4 is 5.32 Å². The van der Waals surface area contributed by atoms with E-state index in [-0.39, 0.29) is 31.4 Å². The fraction of sp³-hybridized carbons (Fsp3) is 0.370. The van der Waals surface area contributed by atoms with Gasteiger partial charge in [-0.25, -0.2) is 9.59 Å². The molecule has 0 aromatic heterocycles. The van der Waals surface area contributed by atoms with Crippen LogP contribution in [0, 0.1) is 0 Å². The van der Waals surface area contributed by atoms with E-state index in [2.05, 4.69) is 29.6 Å². The lowest BCUT2D eigenvalue weighted by Crippen LogP contribution is -2.51. The SMILES string of the molecule is CN(C)CCC(NC(=O)OCC1c2ccccc2-c2ccccc21)C(=O)N1CC=C(C(=O)O)CC1. The van der Waals surface area contributed by atoms with E-state index in [1.807, 2.05) is 43.3 Å². The number of rotatable bonds is 8. The van der Waals surface area contributed by atoms with Gasteiger partial charge in [0.05, 0.1) is 0 Å². The fourth-order valence-corrected chi connectivity index (χ4v) is 4.71. The van der Waals surface area contributed by atoms with Crippen molar-refractivity contribution >= 4 is 18.0 Å². The number of carboxylic acid groups (broad SMARTS) is 1. The summed E-state index contributed by atoms with van der Waals surface area (Å²) in [7, 11) is 3.80. The summed E-state index contributed by atoms with van der Waals surface area (Å²) in [6, 6.07) is 15.5. The molecule has 2 aromatic carbocycles. The van der Waals surface area contributed by atoms with Gasteiger partial charge >= 0.3 is 12.1 Å². The van der Waals surface area contributed by atoms with Crippen LogP contribution in [0.1, 0.15) is 29.9 Å². The molecule has 2 amide bonds. The van der Waals surface area contributed by atoms with Gasteiger partial charge in [-0.1, -0.05) is 54.6 Å². The summed E-state index contributed by atoms with van der Waals surface area (Å²) >= 11 is 0. The maximum atomic E-state index is 13.2. The van der Waals surface area contributed by atoms with Crippen molar-refractivity contribution in [1.82, 2.24) is 15.1 Å². The molecule has 0 saturated heterocycles. The summed E-state index contributed by atoms with van der Waals surface area (Å²) in [6.45, 7) is 1.29. The predicted molar refractivity (Wildman–Crippen MR) is 132 cm³/mol. The Hall–Kier alpha value is -3.65. The van der Waals surface area contributed by atoms with E-state index >= 15 is 0 Å². The summed E-state index contributed by atoms with van der Waals surface area (Å²) in [6.07, 6.45) is 1.62. The van der Waals surface area contributed by atoms with Gasteiger partial charge in [-0.3, -0.25) is 4.79 Å². The topological polar surface area (TPSA) is 99.2 Å². The number of carbonyl (C=O) groups excluding carboxylic acids is 2. The number of nitrogens with zero attached hydrogens (tertiary/aromatic N) is 2. The molecule has 35 heavy (non-hydrogen) atoms. The van der Waals surface area contributed by atoms with Crippen LogP contribution in [-0.2, 0) is 14.3 Å². The molecule has 8 heteroatoms. The highest BCUT2D eigenvalue weighted by Gasteiger charge is 2.31. The quantitative estimate of drug-likeness (QED) is 0.606. The third-order valence-corrected chi connectivity index (χ3v) is 6.59. The number of benzene rings is 2. The molecular formula is C27H31N3O5. The van der Waals surface area contributed by atoms with Gasteiger partial charge in [0.2, 0.25) is 5.91 Å². The van der Waals surface area contributed by atoms with E-state index in [1.165, 1.54) is 0 Å². The Kier molecular flexibility index (Phi) is 7.51. The van der Waals surface area contributed by atoms with Crippen molar-refractivity contribution in [1.29, 1.82) is 0 Å². The van der Waals surface area contributed by atoms with Crippen LogP contribution in [0.4, 0.5) is 4.79 Å². The molecule has 0 bridgehead atoms. The molecule has 0 saturated carbocycles. The summed E-state index contributed by atoms with van der Waals surface area (Å²) in [5.41, 5.74) is 4.85. The van der Waals surface area contributed by atoms with Gasteiger partial charge in [-0.05, 0) is 55.7 Å². The lowest BCUT2D eigenvalue weighted by molar-refractivity contribution is -0.136. The Balaban J connectivity index is 1.41. The molecule has 0 radical (unpaired) electrons. The molecular weight excluding hydrogens is 446 g/mol. The molecule has 2 N–H and O–H groups in total. The minimum Gasteiger partial charge on any atom is -0.478 e. The summed E-state index contributed by atoms with van der Waals surface area (Å²) < 4.78 is 5.64. The van der Waals surface area contributed by atoms with E-state index in [1.54, 1.807) is 11.0 Å². The highest BCUT2D eigenvalue weighted by Crippen LogP contribution is 2.44. The van der Waals surface area contributed by atoms with Crippen molar-refractivity contribution in [2.75, 3.05) is 40.3 Å². The third kappa shape index (κ3) is 5.54. The van der Waals surface area contributed by atoms with E-state index < -0.39 is 18.1 Å². The molecule has 1 atom stereocenters. The highest BCUT2D eigenvalue weighted by atomic mass is 16.5. The van der Waals surface area contributed by atoms with Gasteiger partial charge < -0.3 is 25.0 Å². The van der Waals surface area contributed by atoms with E-state index in [0.717, 1.165) is 22.3 Å². The van der Waals surface area contributed by atoms with Crippen molar-refractivity contribution in [3.05, 3.63) is 71.3 Å². The second-order valence-electron chi connectivity index (χ2n) is 9.18. The van der Waals surface area contributed by atoms with Crippen LogP contribution in [0.3, 0.4) is 0 Å². The normalized spacial score (nSPS) is 15.7.